The van der Waals surface area contributed by atoms with Gasteiger partial charge in [0.1, 0.15) is 6.07 Å². The van der Waals surface area contributed by atoms with Crippen LogP contribution in [-0.4, -0.2) is 43.5 Å². The third-order valence-corrected chi connectivity index (χ3v) is 7.26. The van der Waals surface area contributed by atoms with E-state index in [0.717, 1.165) is 30.6 Å². The van der Waals surface area contributed by atoms with Crippen molar-refractivity contribution in [2.75, 3.05) is 28.8 Å². The van der Waals surface area contributed by atoms with E-state index in [0.29, 0.717) is 25.3 Å². The van der Waals surface area contributed by atoms with Crippen LogP contribution < -0.4 is 9.21 Å². The highest BCUT2D eigenvalue weighted by Crippen LogP contribution is 2.33. The molecule has 7 nitrogen and oxygen atoms in total. The average molecular weight is 369 g/mol. The lowest BCUT2D eigenvalue weighted by molar-refractivity contribution is 0.526. The normalized spacial score (nSPS) is 19.9. The van der Waals surface area contributed by atoms with E-state index in [2.05, 4.69) is 10.2 Å². The maximum Gasteiger partial charge on any atom is 0.239 e. The molecule has 0 amide bonds. The molecule has 1 unspecified atom stereocenters. The summed E-state index contributed by atoms with van der Waals surface area (Å²) in [5.41, 5.74) is 2.15. The Labute approximate surface area is 152 Å². The number of fused-ring (bicyclic) bond motifs is 1. The molecule has 1 fully saturated rings. The summed E-state index contributed by atoms with van der Waals surface area (Å²) in [7, 11) is -3.44. The zero-order valence-electron chi connectivity index (χ0n) is 14.2. The second-order valence-corrected chi connectivity index (χ2v) is 8.73. The van der Waals surface area contributed by atoms with Crippen LogP contribution in [0.1, 0.15) is 24.1 Å². The van der Waals surface area contributed by atoms with Gasteiger partial charge in [0.05, 0.1) is 10.9 Å². The van der Waals surface area contributed by atoms with E-state index in [1.54, 1.807) is 16.4 Å². The largest absolute Gasteiger partial charge is 0.354 e. The van der Waals surface area contributed by atoms with Crippen LogP contribution in [0.4, 0.5) is 11.5 Å². The number of rotatable bonds is 3. The van der Waals surface area contributed by atoms with Crippen molar-refractivity contribution in [3.05, 3.63) is 47.7 Å². The maximum atomic E-state index is 13.2. The summed E-state index contributed by atoms with van der Waals surface area (Å²) >= 11 is 0. The third kappa shape index (κ3) is 2.88. The molecule has 0 N–H and O–H groups in total. The number of nitriles is 1. The van der Waals surface area contributed by atoms with E-state index >= 15 is 0 Å². The number of hydrogen-bond acceptors (Lipinski definition) is 6. The van der Waals surface area contributed by atoms with Crippen molar-refractivity contribution in [1.82, 2.24) is 10.2 Å². The molecule has 2 aliphatic rings. The van der Waals surface area contributed by atoms with E-state index in [1.165, 1.54) is 0 Å². The number of sulfonamides is 1. The second-order valence-electron chi connectivity index (χ2n) is 6.59. The molecule has 8 heteroatoms. The van der Waals surface area contributed by atoms with Gasteiger partial charge < -0.3 is 4.90 Å². The lowest BCUT2D eigenvalue weighted by Crippen LogP contribution is -2.48. The lowest BCUT2D eigenvalue weighted by atomic mass is 10.1. The minimum Gasteiger partial charge on any atom is -0.354 e. The molecule has 4 rings (SSSR count). The van der Waals surface area contributed by atoms with Crippen molar-refractivity contribution in [3.8, 4) is 6.07 Å². The summed E-state index contributed by atoms with van der Waals surface area (Å²) in [6.45, 7) is 1.64. The Bertz CT molecular complexity index is 952. The van der Waals surface area contributed by atoms with E-state index < -0.39 is 15.3 Å². The smallest absolute Gasteiger partial charge is 0.239 e. The van der Waals surface area contributed by atoms with Crippen molar-refractivity contribution in [3.63, 3.8) is 0 Å². The number of nitrogens with zero attached hydrogens (tertiary/aromatic N) is 5. The molecule has 2 aromatic rings. The summed E-state index contributed by atoms with van der Waals surface area (Å²) in [4.78, 5) is 1.95. The minimum atomic E-state index is -3.44. The highest BCUT2D eigenvalue weighted by Gasteiger charge is 2.38. The molecular formula is C18H19N5O2S. The van der Waals surface area contributed by atoms with Crippen LogP contribution in [-0.2, 0) is 16.4 Å². The maximum absolute atomic E-state index is 13.2. The van der Waals surface area contributed by atoms with E-state index in [4.69, 9.17) is 5.26 Å². The molecule has 1 saturated heterocycles. The first-order chi connectivity index (χ1) is 12.6. The topological polar surface area (TPSA) is 90.2 Å². The molecule has 0 bridgehead atoms. The molecular weight excluding hydrogens is 350 g/mol. The zero-order valence-corrected chi connectivity index (χ0v) is 15.1. The van der Waals surface area contributed by atoms with E-state index in [9.17, 15) is 8.42 Å². The van der Waals surface area contributed by atoms with Gasteiger partial charge in [-0.15, -0.1) is 10.2 Å². The van der Waals surface area contributed by atoms with E-state index in [1.807, 2.05) is 35.2 Å². The van der Waals surface area contributed by atoms with Crippen LogP contribution in [0.3, 0.4) is 0 Å². The quantitative estimate of drug-likeness (QED) is 0.818. The van der Waals surface area contributed by atoms with Crippen molar-refractivity contribution < 1.29 is 8.42 Å². The Kier molecular flexibility index (Phi) is 4.24. The Morgan fingerprint density at radius 2 is 1.96 bits per heavy atom. The third-order valence-electron chi connectivity index (χ3n) is 5.04. The highest BCUT2D eigenvalue weighted by atomic mass is 32.2. The van der Waals surface area contributed by atoms with Crippen molar-refractivity contribution in [1.29, 1.82) is 5.26 Å². The first-order valence-corrected chi connectivity index (χ1v) is 10.2. The van der Waals surface area contributed by atoms with E-state index in [-0.39, 0.29) is 5.69 Å². The summed E-state index contributed by atoms with van der Waals surface area (Å²) in [5, 5.41) is 16.3. The molecule has 1 atom stereocenters. The average Bonchev–Trinajstić information content (AvgIpc) is 3.13. The number of benzene rings is 1. The summed E-state index contributed by atoms with van der Waals surface area (Å²) in [6, 6.07) is 13.0. The van der Waals surface area contributed by atoms with Gasteiger partial charge in [0.2, 0.25) is 10.0 Å². The molecule has 0 saturated carbocycles. The molecule has 0 spiro atoms. The summed E-state index contributed by atoms with van der Waals surface area (Å²) in [6.07, 6.45) is 2.18. The highest BCUT2D eigenvalue weighted by molar-refractivity contribution is 7.93. The van der Waals surface area contributed by atoms with Gasteiger partial charge in [-0.2, -0.15) is 5.26 Å². The Balaban J connectivity index is 1.56. The fraction of sp³-hybridized carbons (Fsp3) is 0.389. The predicted molar refractivity (Wildman–Crippen MR) is 98.4 cm³/mol. The van der Waals surface area contributed by atoms with Gasteiger partial charge in [-0.25, -0.2) is 8.42 Å². The second kappa shape index (κ2) is 6.57. The molecule has 0 aliphatic carbocycles. The van der Waals surface area contributed by atoms with Crippen molar-refractivity contribution >= 4 is 21.5 Å². The molecule has 1 aromatic heterocycles. The van der Waals surface area contributed by atoms with Crippen LogP contribution >= 0.6 is 0 Å². The Hall–Kier alpha value is -2.66. The van der Waals surface area contributed by atoms with Crippen molar-refractivity contribution in [2.45, 2.75) is 24.5 Å². The monoisotopic (exact) mass is 369 g/mol. The first-order valence-electron chi connectivity index (χ1n) is 8.68. The van der Waals surface area contributed by atoms with Gasteiger partial charge in [-0.3, -0.25) is 4.31 Å². The SMILES string of the molecule is N#Cc1ccc(N2CCCC(S(=O)(=O)N3CCc4ccccc43)C2)nn1. The minimum absolute atomic E-state index is 0.253. The van der Waals surface area contributed by atoms with Gasteiger partial charge in [0, 0.05) is 19.6 Å². The molecule has 134 valence electrons. The lowest BCUT2D eigenvalue weighted by Gasteiger charge is -2.35. The molecule has 26 heavy (non-hydrogen) atoms. The van der Waals surface area contributed by atoms with Crippen LogP contribution in [0.5, 0.6) is 0 Å². The zero-order chi connectivity index (χ0) is 18.1. The van der Waals surface area contributed by atoms with Gasteiger partial charge in [-0.1, -0.05) is 18.2 Å². The molecule has 0 radical (unpaired) electrons. The first kappa shape index (κ1) is 16.8. The summed E-state index contributed by atoms with van der Waals surface area (Å²) < 4.78 is 28.1. The Morgan fingerprint density at radius 1 is 1.12 bits per heavy atom. The predicted octanol–water partition coefficient (Wildman–Crippen LogP) is 1.71. The fourth-order valence-corrected chi connectivity index (χ4v) is 5.69. The van der Waals surface area contributed by atoms with Gasteiger partial charge in [0.15, 0.2) is 11.5 Å². The van der Waals surface area contributed by atoms with Crippen LogP contribution in [0, 0.1) is 11.3 Å². The molecule has 3 heterocycles. The van der Waals surface area contributed by atoms with Crippen LogP contribution in [0.25, 0.3) is 0 Å². The van der Waals surface area contributed by atoms with Crippen molar-refractivity contribution in [2.24, 2.45) is 0 Å². The summed E-state index contributed by atoms with van der Waals surface area (Å²) in [5.74, 6) is 0.616. The van der Waals surface area contributed by atoms with Gasteiger partial charge in [0.25, 0.3) is 0 Å². The molecule has 2 aliphatic heterocycles. The van der Waals surface area contributed by atoms with Gasteiger partial charge in [-0.05, 0) is 43.0 Å². The Morgan fingerprint density at radius 3 is 2.73 bits per heavy atom. The molecule has 1 aromatic carbocycles. The van der Waals surface area contributed by atoms with Crippen LogP contribution in [0.2, 0.25) is 0 Å². The number of aromatic nitrogens is 2. The van der Waals surface area contributed by atoms with Gasteiger partial charge >= 0.3 is 0 Å². The van der Waals surface area contributed by atoms with Crippen LogP contribution in [0.15, 0.2) is 36.4 Å². The fourth-order valence-electron chi connectivity index (χ4n) is 3.70. The number of hydrogen-bond donors (Lipinski definition) is 0. The number of para-hydroxylation sites is 1. The number of anilines is 2. The standard InChI is InChI=1S/C18H19N5O2S/c19-12-15-7-8-18(21-20-15)22-10-3-5-16(13-22)26(24,25)23-11-9-14-4-1-2-6-17(14)23/h1-2,4,6-8,16H,3,5,9-11,13H2. The number of piperidine rings is 1.